The Kier molecular flexibility index (Phi) is 3.29. The van der Waals surface area contributed by atoms with E-state index in [2.05, 4.69) is 12.2 Å². The van der Waals surface area contributed by atoms with E-state index in [1.165, 1.54) is 25.7 Å². The molecule has 4 atom stereocenters. The number of amides is 1. The van der Waals surface area contributed by atoms with Gasteiger partial charge in [-0.15, -0.1) is 0 Å². The average Bonchev–Trinajstić information content (AvgIpc) is 2.77. The molecule has 2 fully saturated rings. The molecule has 0 radical (unpaired) electrons. The van der Waals surface area contributed by atoms with Crippen molar-refractivity contribution in [3.05, 3.63) is 0 Å². The van der Waals surface area contributed by atoms with Crippen molar-refractivity contribution in [2.24, 2.45) is 23.5 Å². The normalized spacial score (nSPS) is 35.7. The number of carbonyl (C=O) groups is 1. The van der Waals surface area contributed by atoms with Crippen molar-refractivity contribution in [3.8, 4) is 0 Å². The number of hydrogen-bond donors (Lipinski definition) is 2. The van der Waals surface area contributed by atoms with Gasteiger partial charge >= 0.3 is 0 Å². The third-order valence-corrected chi connectivity index (χ3v) is 4.27. The number of fused-ring (bicyclic) bond motifs is 2. The van der Waals surface area contributed by atoms with Crippen molar-refractivity contribution in [2.75, 3.05) is 6.54 Å². The fourth-order valence-electron chi connectivity index (χ4n) is 3.48. The molecule has 3 N–H and O–H groups in total. The zero-order chi connectivity index (χ0) is 10.8. The van der Waals surface area contributed by atoms with Crippen molar-refractivity contribution in [1.29, 1.82) is 0 Å². The molecule has 0 aromatic heterocycles. The third-order valence-electron chi connectivity index (χ3n) is 4.27. The molecule has 0 spiro atoms. The smallest absolute Gasteiger partial charge is 0.218 e. The van der Waals surface area contributed by atoms with Gasteiger partial charge in [0.25, 0.3) is 0 Å². The van der Waals surface area contributed by atoms with E-state index in [9.17, 15) is 4.79 Å². The summed E-state index contributed by atoms with van der Waals surface area (Å²) in [7, 11) is 0. The predicted octanol–water partition coefficient (Wildman–Crippen LogP) is 1.28. The molecule has 0 heterocycles. The lowest BCUT2D eigenvalue weighted by Gasteiger charge is -2.28. The van der Waals surface area contributed by atoms with Gasteiger partial charge in [-0.1, -0.05) is 6.42 Å². The topological polar surface area (TPSA) is 55.1 Å². The number of nitrogens with one attached hydrogen (secondary N) is 1. The van der Waals surface area contributed by atoms with E-state index < -0.39 is 0 Å². The lowest BCUT2D eigenvalue weighted by Crippen LogP contribution is -2.37. The first-order valence-corrected chi connectivity index (χ1v) is 6.18. The van der Waals surface area contributed by atoms with Crippen LogP contribution in [0.15, 0.2) is 0 Å². The summed E-state index contributed by atoms with van der Waals surface area (Å²) in [6.07, 6.45) is 6.19. The second-order valence-electron chi connectivity index (χ2n) is 5.30. The van der Waals surface area contributed by atoms with Gasteiger partial charge in [-0.3, -0.25) is 4.79 Å². The quantitative estimate of drug-likeness (QED) is 0.718. The summed E-state index contributed by atoms with van der Waals surface area (Å²) in [6, 6.07) is 0.555. The maximum atomic E-state index is 10.6. The Bertz CT molecular complexity index is 242. The average molecular weight is 210 g/mol. The van der Waals surface area contributed by atoms with Gasteiger partial charge in [0.05, 0.1) is 0 Å². The summed E-state index contributed by atoms with van der Waals surface area (Å²) >= 11 is 0. The Morgan fingerprint density at radius 3 is 2.80 bits per heavy atom. The lowest BCUT2D eigenvalue weighted by atomic mass is 9.84. The zero-order valence-electron chi connectivity index (χ0n) is 9.54. The van der Waals surface area contributed by atoms with Crippen LogP contribution in [0.4, 0.5) is 0 Å². The van der Waals surface area contributed by atoms with E-state index in [0.29, 0.717) is 12.5 Å². The Labute approximate surface area is 91.8 Å². The van der Waals surface area contributed by atoms with Gasteiger partial charge in [0.2, 0.25) is 5.91 Å². The molecule has 0 saturated heterocycles. The van der Waals surface area contributed by atoms with Crippen LogP contribution < -0.4 is 11.1 Å². The minimum absolute atomic E-state index is 0.206. The first kappa shape index (κ1) is 10.9. The van der Waals surface area contributed by atoms with Crippen LogP contribution >= 0.6 is 0 Å². The highest BCUT2D eigenvalue weighted by Gasteiger charge is 2.41. The third kappa shape index (κ3) is 2.51. The number of primary amides is 1. The van der Waals surface area contributed by atoms with Gasteiger partial charge in [-0.25, -0.2) is 0 Å². The molecular weight excluding hydrogens is 188 g/mol. The van der Waals surface area contributed by atoms with Crippen LogP contribution in [0.1, 0.15) is 39.0 Å². The number of nitrogens with two attached hydrogens (primary N) is 1. The zero-order valence-corrected chi connectivity index (χ0v) is 9.54. The Balaban J connectivity index is 1.72. The summed E-state index contributed by atoms with van der Waals surface area (Å²) < 4.78 is 0. The standard InChI is InChI=1S/C12H22N2O/c1-8(14-5-4-12(13)15)11-7-9-2-3-10(11)6-9/h8-11,14H,2-7H2,1H3,(H2,13,15). The Hall–Kier alpha value is -0.570. The van der Waals surface area contributed by atoms with Crippen molar-refractivity contribution >= 4 is 5.91 Å². The maximum absolute atomic E-state index is 10.6. The van der Waals surface area contributed by atoms with Crippen molar-refractivity contribution < 1.29 is 4.79 Å². The molecule has 4 unspecified atom stereocenters. The molecule has 2 bridgehead atoms. The van der Waals surface area contributed by atoms with E-state index in [-0.39, 0.29) is 5.91 Å². The van der Waals surface area contributed by atoms with Crippen LogP contribution in [0.3, 0.4) is 0 Å². The highest BCUT2D eigenvalue weighted by molar-refractivity contribution is 5.73. The molecule has 2 saturated carbocycles. The van der Waals surface area contributed by atoms with Crippen LogP contribution in [-0.2, 0) is 4.79 Å². The molecule has 1 amide bonds. The molecule has 3 nitrogen and oxygen atoms in total. The highest BCUT2D eigenvalue weighted by atomic mass is 16.1. The number of rotatable bonds is 5. The minimum atomic E-state index is -0.206. The van der Waals surface area contributed by atoms with Crippen molar-refractivity contribution in [2.45, 2.75) is 45.1 Å². The molecule has 15 heavy (non-hydrogen) atoms. The van der Waals surface area contributed by atoms with Crippen LogP contribution in [-0.4, -0.2) is 18.5 Å². The van der Waals surface area contributed by atoms with Crippen molar-refractivity contribution in [1.82, 2.24) is 5.32 Å². The number of carbonyl (C=O) groups excluding carboxylic acids is 1. The van der Waals surface area contributed by atoms with Crippen LogP contribution in [0.2, 0.25) is 0 Å². The van der Waals surface area contributed by atoms with Crippen molar-refractivity contribution in [3.63, 3.8) is 0 Å². The fourth-order valence-corrected chi connectivity index (χ4v) is 3.48. The van der Waals surface area contributed by atoms with Crippen LogP contribution in [0, 0.1) is 17.8 Å². The molecule has 2 rings (SSSR count). The van der Waals surface area contributed by atoms with Gasteiger partial charge in [-0.05, 0) is 43.9 Å². The molecule has 2 aliphatic carbocycles. The van der Waals surface area contributed by atoms with Crippen LogP contribution in [0.25, 0.3) is 0 Å². The maximum Gasteiger partial charge on any atom is 0.218 e. The minimum Gasteiger partial charge on any atom is -0.370 e. The van der Waals surface area contributed by atoms with Gasteiger partial charge < -0.3 is 11.1 Å². The van der Waals surface area contributed by atoms with E-state index in [1.54, 1.807) is 0 Å². The molecule has 86 valence electrons. The first-order chi connectivity index (χ1) is 7.16. The fraction of sp³-hybridized carbons (Fsp3) is 0.917. The van der Waals surface area contributed by atoms with Gasteiger partial charge in [0, 0.05) is 19.0 Å². The summed E-state index contributed by atoms with van der Waals surface area (Å²) in [6.45, 7) is 3.00. The predicted molar refractivity (Wildman–Crippen MR) is 60.2 cm³/mol. The largest absolute Gasteiger partial charge is 0.370 e. The van der Waals surface area contributed by atoms with E-state index in [0.717, 1.165) is 24.3 Å². The van der Waals surface area contributed by atoms with Crippen LogP contribution in [0.5, 0.6) is 0 Å². The molecule has 0 aromatic carbocycles. The van der Waals surface area contributed by atoms with Gasteiger partial charge in [-0.2, -0.15) is 0 Å². The molecule has 0 aliphatic heterocycles. The summed E-state index contributed by atoms with van der Waals surface area (Å²) in [5.41, 5.74) is 5.11. The Morgan fingerprint density at radius 1 is 1.47 bits per heavy atom. The molecule has 3 heteroatoms. The summed E-state index contributed by atoms with van der Waals surface area (Å²) in [4.78, 5) is 10.6. The SMILES string of the molecule is CC(NCCC(N)=O)C1CC2CCC1C2. The second kappa shape index (κ2) is 4.52. The summed E-state index contributed by atoms with van der Waals surface area (Å²) in [5.74, 6) is 2.59. The molecule has 0 aromatic rings. The van der Waals surface area contributed by atoms with Gasteiger partial charge in [0.1, 0.15) is 0 Å². The van der Waals surface area contributed by atoms with E-state index in [1.807, 2.05) is 0 Å². The second-order valence-corrected chi connectivity index (χ2v) is 5.30. The summed E-state index contributed by atoms with van der Waals surface area (Å²) in [5, 5.41) is 3.44. The van der Waals surface area contributed by atoms with E-state index in [4.69, 9.17) is 5.73 Å². The highest BCUT2D eigenvalue weighted by Crippen LogP contribution is 2.49. The molecular formula is C12H22N2O. The first-order valence-electron chi connectivity index (χ1n) is 6.18. The van der Waals surface area contributed by atoms with Gasteiger partial charge in [0.15, 0.2) is 0 Å². The van der Waals surface area contributed by atoms with E-state index >= 15 is 0 Å². The number of hydrogen-bond acceptors (Lipinski definition) is 2. The monoisotopic (exact) mass is 210 g/mol. The molecule has 2 aliphatic rings. The lowest BCUT2D eigenvalue weighted by molar-refractivity contribution is -0.117. The Morgan fingerprint density at radius 2 is 2.27 bits per heavy atom.